The summed E-state index contributed by atoms with van der Waals surface area (Å²) in [5.41, 5.74) is 7.35. The lowest BCUT2D eigenvalue weighted by Crippen LogP contribution is -2.54. The van der Waals surface area contributed by atoms with E-state index in [2.05, 4.69) is 11.8 Å². The Hall–Kier alpha value is -1.62. The quantitative estimate of drug-likeness (QED) is 0.573. The van der Waals surface area contributed by atoms with E-state index in [0.717, 1.165) is 5.56 Å². The number of anilines is 1. The monoisotopic (exact) mass is 345 g/mol. The van der Waals surface area contributed by atoms with Gasteiger partial charge in [0.25, 0.3) is 0 Å². The van der Waals surface area contributed by atoms with E-state index in [9.17, 15) is 0 Å². The van der Waals surface area contributed by atoms with E-state index in [4.69, 9.17) is 29.4 Å². The van der Waals surface area contributed by atoms with Gasteiger partial charge in [-0.05, 0) is 39.8 Å². The number of hydrogen-bond donors (Lipinski definition) is 1. The standard InChI is InChI=1S/C19H23NO5/c1-18(2)22-14-13(10-9-11-7-5-6-8-12(11)20)21-17-16(15(14)23-18)24-19(3,4)25-17/h5-8,13-17H,20H2,1-4H3/t13?,14-,15-,16+,17+/m0/s1. The van der Waals surface area contributed by atoms with Crippen LogP contribution in [0.5, 0.6) is 0 Å². The van der Waals surface area contributed by atoms with Gasteiger partial charge in [-0.2, -0.15) is 0 Å². The highest BCUT2D eigenvalue weighted by Gasteiger charge is 2.60. The molecule has 0 radical (unpaired) electrons. The number of nitrogens with two attached hydrogens (primary N) is 1. The van der Waals surface area contributed by atoms with Gasteiger partial charge in [-0.3, -0.25) is 0 Å². The summed E-state index contributed by atoms with van der Waals surface area (Å²) in [6.45, 7) is 7.47. The van der Waals surface area contributed by atoms with Crippen molar-refractivity contribution in [2.24, 2.45) is 0 Å². The van der Waals surface area contributed by atoms with Crippen LogP contribution in [-0.4, -0.2) is 42.3 Å². The van der Waals surface area contributed by atoms with Crippen LogP contribution in [-0.2, 0) is 23.7 Å². The zero-order valence-corrected chi connectivity index (χ0v) is 14.8. The third-order valence-corrected chi connectivity index (χ3v) is 4.46. The zero-order valence-electron chi connectivity index (χ0n) is 14.8. The number of hydrogen-bond acceptors (Lipinski definition) is 6. The Morgan fingerprint density at radius 2 is 1.52 bits per heavy atom. The fraction of sp³-hybridized carbons (Fsp3) is 0.579. The van der Waals surface area contributed by atoms with E-state index < -0.39 is 24.0 Å². The van der Waals surface area contributed by atoms with E-state index in [1.54, 1.807) is 0 Å². The third-order valence-electron chi connectivity index (χ3n) is 4.46. The van der Waals surface area contributed by atoms with Crippen LogP contribution in [0.25, 0.3) is 0 Å². The Morgan fingerprint density at radius 1 is 0.880 bits per heavy atom. The van der Waals surface area contributed by atoms with E-state index in [0.29, 0.717) is 5.69 Å². The lowest BCUT2D eigenvalue weighted by atomic mass is 9.99. The molecule has 3 saturated heterocycles. The summed E-state index contributed by atoms with van der Waals surface area (Å²) in [4.78, 5) is 0. The van der Waals surface area contributed by atoms with Gasteiger partial charge in [0, 0.05) is 11.3 Å². The maximum Gasteiger partial charge on any atom is 0.191 e. The van der Waals surface area contributed by atoms with Crippen molar-refractivity contribution in [3.8, 4) is 11.8 Å². The van der Waals surface area contributed by atoms with Crippen molar-refractivity contribution >= 4 is 5.69 Å². The van der Waals surface area contributed by atoms with E-state index in [1.165, 1.54) is 0 Å². The summed E-state index contributed by atoms with van der Waals surface area (Å²) < 4.78 is 30.0. The third kappa shape index (κ3) is 3.14. The number of ether oxygens (including phenoxy) is 5. The molecule has 1 aromatic rings. The van der Waals surface area contributed by atoms with Crippen molar-refractivity contribution in [2.75, 3.05) is 5.73 Å². The highest BCUT2D eigenvalue weighted by molar-refractivity contribution is 5.55. The fourth-order valence-corrected chi connectivity index (χ4v) is 3.49. The molecule has 25 heavy (non-hydrogen) atoms. The number of fused-ring (bicyclic) bond motifs is 3. The first kappa shape index (κ1) is 16.8. The van der Waals surface area contributed by atoms with Crippen LogP contribution < -0.4 is 5.73 Å². The molecule has 3 fully saturated rings. The second-order valence-electron chi connectivity index (χ2n) is 7.45. The summed E-state index contributed by atoms with van der Waals surface area (Å²) in [6, 6.07) is 7.47. The molecule has 0 amide bonds. The molecule has 0 saturated carbocycles. The van der Waals surface area contributed by atoms with Crippen LogP contribution in [0.15, 0.2) is 24.3 Å². The number of nitrogen functional groups attached to an aromatic ring is 1. The minimum atomic E-state index is -0.734. The van der Waals surface area contributed by atoms with E-state index in [1.807, 2.05) is 52.0 Å². The molecule has 6 heteroatoms. The Morgan fingerprint density at radius 3 is 2.28 bits per heavy atom. The van der Waals surface area contributed by atoms with Crippen molar-refractivity contribution in [2.45, 2.75) is 70.0 Å². The molecular weight excluding hydrogens is 322 g/mol. The zero-order chi connectivity index (χ0) is 17.8. The predicted octanol–water partition coefficient (Wildman–Crippen LogP) is 2.02. The number of para-hydroxylation sites is 1. The second-order valence-corrected chi connectivity index (χ2v) is 7.45. The molecule has 4 rings (SSSR count). The normalized spacial score (nSPS) is 37.7. The number of rotatable bonds is 0. The largest absolute Gasteiger partial charge is 0.398 e. The van der Waals surface area contributed by atoms with Gasteiger partial charge in [-0.1, -0.05) is 24.0 Å². The van der Waals surface area contributed by atoms with Crippen LogP contribution in [0.3, 0.4) is 0 Å². The molecular formula is C19H23NO5. The average Bonchev–Trinajstić information content (AvgIpc) is 3.00. The molecule has 0 bridgehead atoms. The molecule has 3 aliphatic rings. The molecule has 3 aliphatic heterocycles. The van der Waals surface area contributed by atoms with Gasteiger partial charge in [-0.25, -0.2) is 0 Å². The van der Waals surface area contributed by atoms with Gasteiger partial charge in [0.1, 0.15) is 18.3 Å². The van der Waals surface area contributed by atoms with Crippen molar-refractivity contribution in [3.05, 3.63) is 29.8 Å². The highest BCUT2D eigenvalue weighted by Crippen LogP contribution is 2.43. The Balaban J connectivity index is 1.64. The van der Waals surface area contributed by atoms with Crippen LogP contribution in [0.1, 0.15) is 33.3 Å². The summed E-state index contributed by atoms with van der Waals surface area (Å²) in [6.07, 6.45) is -2.04. The van der Waals surface area contributed by atoms with Gasteiger partial charge < -0.3 is 29.4 Å². The molecule has 134 valence electrons. The van der Waals surface area contributed by atoms with Gasteiger partial charge in [0.2, 0.25) is 0 Å². The molecule has 1 unspecified atom stereocenters. The van der Waals surface area contributed by atoms with Gasteiger partial charge in [0.15, 0.2) is 24.0 Å². The first-order valence-electron chi connectivity index (χ1n) is 8.47. The first-order valence-corrected chi connectivity index (χ1v) is 8.47. The molecule has 2 N–H and O–H groups in total. The molecule has 6 nitrogen and oxygen atoms in total. The molecule has 5 atom stereocenters. The number of benzene rings is 1. The Labute approximate surface area is 147 Å². The lowest BCUT2D eigenvalue weighted by Gasteiger charge is -2.34. The van der Waals surface area contributed by atoms with Crippen molar-refractivity contribution in [1.29, 1.82) is 0 Å². The van der Waals surface area contributed by atoms with Gasteiger partial charge >= 0.3 is 0 Å². The molecule has 0 aliphatic carbocycles. The average molecular weight is 345 g/mol. The minimum Gasteiger partial charge on any atom is -0.398 e. The van der Waals surface area contributed by atoms with Crippen LogP contribution >= 0.6 is 0 Å². The summed E-state index contributed by atoms with van der Waals surface area (Å²) >= 11 is 0. The molecule has 0 spiro atoms. The SMILES string of the molecule is CC1(C)O[C@H]2OC(C#Cc3ccccc3N)[C@@H]3OC(C)(C)O[C@@H]3[C@H]2O1. The fourth-order valence-electron chi connectivity index (χ4n) is 3.49. The summed E-state index contributed by atoms with van der Waals surface area (Å²) in [5, 5.41) is 0. The molecule has 0 aromatic heterocycles. The summed E-state index contributed by atoms with van der Waals surface area (Å²) in [7, 11) is 0. The summed E-state index contributed by atoms with van der Waals surface area (Å²) in [5.74, 6) is 4.77. The molecule has 1 aromatic carbocycles. The Bertz CT molecular complexity index is 735. The smallest absolute Gasteiger partial charge is 0.191 e. The van der Waals surface area contributed by atoms with Crippen LogP contribution in [0.2, 0.25) is 0 Å². The maximum absolute atomic E-state index is 6.07. The van der Waals surface area contributed by atoms with Crippen molar-refractivity contribution in [3.63, 3.8) is 0 Å². The van der Waals surface area contributed by atoms with E-state index in [-0.39, 0.29) is 18.3 Å². The minimum absolute atomic E-state index is 0.303. The second kappa shape index (κ2) is 5.70. The van der Waals surface area contributed by atoms with Gasteiger partial charge in [-0.15, -0.1) is 0 Å². The lowest BCUT2D eigenvalue weighted by molar-refractivity contribution is -0.220. The van der Waals surface area contributed by atoms with Crippen molar-refractivity contribution in [1.82, 2.24) is 0 Å². The van der Waals surface area contributed by atoms with E-state index >= 15 is 0 Å². The van der Waals surface area contributed by atoms with Crippen LogP contribution in [0.4, 0.5) is 5.69 Å². The Kier molecular flexibility index (Phi) is 3.83. The van der Waals surface area contributed by atoms with Crippen molar-refractivity contribution < 1.29 is 23.7 Å². The predicted molar refractivity (Wildman–Crippen MR) is 90.3 cm³/mol. The van der Waals surface area contributed by atoms with Gasteiger partial charge in [0.05, 0.1) is 0 Å². The topological polar surface area (TPSA) is 72.2 Å². The first-order chi connectivity index (χ1) is 11.7. The van der Waals surface area contributed by atoms with Crippen LogP contribution in [0, 0.1) is 11.8 Å². The maximum atomic E-state index is 6.07. The highest BCUT2D eigenvalue weighted by atomic mass is 16.9. The molecule has 3 heterocycles.